The molecular weight excluding hydrogens is 220 g/mol. The molecule has 2 aliphatic rings. The lowest BCUT2D eigenvalue weighted by atomic mass is 10.0. The van der Waals surface area contributed by atoms with Crippen molar-refractivity contribution in [3.05, 3.63) is 0 Å². The molecule has 2 fully saturated rings. The van der Waals surface area contributed by atoms with Crippen molar-refractivity contribution in [3.8, 4) is 0 Å². The number of hydrogen-bond donors (Lipinski definition) is 2. The molecule has 2 rings (SSSR count). The van der Waals surface area contributed by atoms with E-state index in [4.69, 9.17) is 9.47 Å². The van der Waals surface area contributed by atoms with Crippen LogP contribution >= 0.6 is 0 Å². The van der Waals surface area contributed by atoms with E-state index in [0.29, 0.717) is 6.10 Å². The first-order valence-corrected chi connectivity index (χ1v) is 6.54. The molecule has 0 aromatic rings. The SMILES string of the molecule is O=C(NCCCOC1CCOCC1)C1CNC1. The van der Waals surface area contributed by atoms with E-state index < -0.39 is 0 Å². The van der Waals surface area contributed by atoms with Crippen molar-refractivity contribution < 1.29 is 14.3 Å². The Labute approximate surface area is 102 Å². The van der Waals surface area contributed by atoms with Gasteiger partial charge in [0.15, 0.2) is 0 Å². The van der Waals surface area contributed by atoms with Crippen molar-refractivity contribution in [2.75, 3.05) is 39.5 Å². The molecule has 5 nitrogen and oxygen atoms in total. The van der Waals surface area contributed by atoms with E-state index in [1.54, 1.807) is 0 Å². The second kappa shape index (κ2) is 6.93. The van der Waals surface area contributed by atoms with Crippen LogP contribution in [0.5, 0.6) is 0 Å². The van der Waals surface area contributed by atoms with Crippen LogP contribution in [0.25, 0.3) is 0 Å². The monoisotopic (exact) mass is 242 g/mol. The van der Waals surface area contributed by atoms with Crippen LogP contribution in [0.2, 0.25) is 0 Å². The van der Waals surface area contributed by atoms with E-state index in [1.165, 1.54) is 0 Å². The van der Waals surface area contributed by atoms with Crippen LogP contribution < -0.4 is 10.6 Å². The summed E-state index contributed by atoms with van der Waals surface area (Å²) in [6.45, 7) is 4.73. The molecule has 0 bridgehead atoms. The van der Waals surface area contributed by atoms with Gasteiger partial charge in [0.05, 0.1) is 12.0 Å². The Hall–Kier alpha value is -0.650. The summed E-state index contributed by atoms with van der Waals surface area (Å²) < 4.78 is 11.0. The first-order chi connectivity index (χ1) is 8.36. The zero-order chi connectivity index (χ0) is 11.9. The van der Waals surface area contributed by atoms with Crippen molar-refractivity contribution in [3.63, 3.8) is 0 Å². The molecule has 0 radical (unpaired) electrons. The van der Waals surface area contributed by atoms with E-state index in [1.807, 2.05) is 0 Å². The third-order valence-corrected chi connectivity index (χ3v) is 3.29. The molecule has 5 heteroatoms. The maximum Gasteiger partial charge on any atom is 0.225 e. The third kappa shape index (κ3) is 4.26. The van der Waals surface area contributed by atoms with Crippen LogP contribution in [-0.4, -0.2) is 51.5 Å². The number of ether oxygens (including phenoxy) is 2. The Bertz CT molecular complexity index is 238. The lowest BCUT2D eigenvalue weighted by molar-refractivity contribution is -0.126. The topological polar surface area (TPSA) is 59.6 Å². The minimum absolute atomic E-state index is 0.176. The van der Waals surface area contributed by atoms with E-state index in [2.05, 4.69) is 10.6 Å². The summed E-state index contributed by atoms with van der Waals surface area (Å²) in [7, 11) is 0. The Morgan fingerprint density at radius 3 is 2.76 bits per heavy atom. The van der Waals surface area contributed by atoms with Crippen molar-refractivity contribution >= 4 is 5.91 Å². The zero-order valence-electron chi connectivity index (χ0n) is 10.2. The maximum absolute atomic E-state index is 11.5. The van der Waals surface area contributed by atoms with Gasteiger partial charge in [-0.3, -0.25) is 4.79 Å². The summed E-state index contributed by atoms with van der Waals surface area (Å²) in [5.74, 6) is 0.362. The first kappa shape index (κ1) is 12.8. The highest BCUT2D eigenvalue weighted by Crippen LogP contribution is 2.10. The van der Waals surface area contributed by atoms with Crippen LogP contribution in [0.15, 0.2) is 0 Å². The number of carbonyl (C=O) groups excluding carboxylic acids is 1. The van der Waals surface area contributed by atoms with Crippen LogP contribution in [0, 0.1) is 5.92 Å². The van der Waals surface area contributed by atoms with Gasteiger partial charge in [-0.05, 0) is 19.3 Å². The van der Waals surface area contributed by atoms with E-state index in [-0.39, 0.29) is 11.8 Å². The molecule has 0 aromatic heterocycles. The number of hydrogen-bond acceptors (Lipinski definition) is 4. The molecule has 0 unspecified atom stereocenters. The molecule has 2 aliphatic heterocycles. The Kier molecular flexibility index (Phi) is 5.22. The molecular formula is C12H22N2O3. The van der Waals surface area contributed by atoms with Gasteiger partial charge in [-0.25, -0.2) is 0 Å². The average Bonchev–Trinajstić information content (AvgIpc) is 2.27. The molecule has 0 spiro atoms. The fraction of sp³-hybridized carbons (Fsp3) is 0.917. The molecule has 0 aromatic carbocycles. The Balaban J connectivity index is 1.44. The van der Waals surface area contributed by atoms with E-state index >= 15 is 0 Å². The van der Waals surface area contributed by atoms with Gasteiger partial charge in [0.1, 0.15) is 0 Å². The van der Waals surface area contributed by atoms with Gasteiger partial charge >= 0.3 is 0 Å². The quantitative estimate of drug-likeness (QED) is 0.639. The van der Waals surface area contributed by atoms with Crippen molar-refractivity contribution in [1.29, 1.82) is 0 Å². The smallest absolute Gasteiger partial charge is 0.225 e. The summed E-state index contributed by atoms with van der Waals surface area (Å²) in [5, 5.41) is 6.03. The van der Waals surface area contributed by atoms with Gasteiger partial charge in [0, 0.05) is 39.5 Å². The summed E-state index contributed by atoms with van der Waals surface area (Å²) in [5.41, 5.74) is 0. The molecule has 0 atom stereocenters. The molecule has 2 heterocycles. The van der Waals surface area contributed by atoms with Crippen LogP contribution in [0.1, 0.15) is 19.3 Å². The minimum Gasteiger partial charge on any atom is -0.381 e. The van der Waals surface area contributed by atoms with Crippen molar-refractivity contribution in [2.24, 2.45) is 5.92 Å². The highest BCUT2D eigenvalue weighted by atomic mass is 16.5. The van der Waals surface area contributed by atoms with E-state index in [9.17, 15) is 4.79 Å². The predicted octanol–water partition coefficient (Wildman–Crippen LogP) is -0.0923. The normalized spacial score (nSPS) is 22.1. The lowest BCUT2D eigenvalue weighted by Gasteiger charge is -2.26. The highest BCUT2D eigenvalue weighted by Gasteiger charge is 2.24. The standard InChI is InChI=1S/C12H22N2O3/c15-12(10-8-13-9-10)14-4-1-5-17-11-2-6-16-7-3-11/h10-11,13H,1-9H2,(H,14,15). The molecule has 0 saturated carbocycles. The lowest BCUT2D eigenvalue weighted by Crippen LogP contribution is -2.50. The fourth-order valence-electron chi connectivity index (χ4n) is 1.99. The number of amides is 1. The fourth-order valence-corrected chi connectivity index (χ4v) is 1.99. The van der Waals surface area contributed by atoms with Gasteiger partial charge in [0.25, 0.3) is 0 Å². The van der Waals surface area contributed by atoms with Crippen LogP contribution in [-0.2, 0) is 14.3 Å². The summed E-state index contributed by atoms with van der Waals surface area (Å²) in [4.78, 5) is 11.5. The Morgan fingerprint density at radius 2 is 2.12 bits per heavy atom. The molecule has 98 valence electrons. The first-order valence-electron chi connectivity index (χ1n) is 6.54. The molecule has 0 aliphatic carbocycles. The number of carbonyl (C=O) groups is 1. The van der Waals surface area contributed by atoms with Gasteiger partial charge in [-0.2, -0.15) is 0 Å². The van der Waals surface area contributed by atoms with Crippen molar-refractivity contribution in [1.82, 2.24) is 10.6 Å². The molecule has 1 amide bonds. The van der Waals surface area contributed by atoms with Crippen molar-refractivity contribution in [2.45, 2.75) is 25.4 Å². The largest absolute Gasteiger partial charge is 0.381 e. The molecule has 2 saturated heterocycles. The second-order valence-corrected chi connectivity index (χ2v) is 4.68. The number of nitrogens with one attached hydrogen (secondary N) is 2. The summed E-state index contributed by atoms with van der Waals surface area (Å²) >= 11 is 0. The van der Waals surface area contributed by atoms with Gasteiger partial charge in [0.2, 0.25) is 5.91 Å². The second-order valence-electron chi connectivity index (χ2n) is 4.68. The molecule has 17 heavy (non-hydrogen) atoms. The third-order valence-electron chi connectivity index (χ3n) is 3.29. The van der Waals surface area contributed by atoms with Gasteiger partial charge < -0.3 is 20.1 Å². The summed E-state index contributed by atoms with van der Waals surface area (Å²) in [6.07, 6.45) is 3.25. The Morgan fingerprint density at radius 1 is 1.35 bits per heavy atom. The minimum atomic E-state index is 0.176. The predicted molar refractivity (Wildman–Crippen MR) is 63.8 cm³/mol. The average molecular weight is 242 g/mol. The zero-order valence-corrected chi connectivity index (χ0v) is 10.2. The van der Waals surface area contributed by atoms with Crippen LogP contribution in [0.4, 0.5) is 0 Å². The van der Waals surface area contributed by atoms with E-state index in [0.717, 1.165) is 58.7 Å². The van der Waals surface area contributed by atoms with Crippen LogP contribution in [0.3, 0.4) is 0 Å². The maximum atomic E-state index is 11.5. The highest BCUT2D eigenvalue weighted by molar-refractivity contribution is 5.79. The molecule has 2 N–H and O–H groups in total. The summed E-state index contributed by atoms with van der Waals surface area (Å²) in [6, 6.07) is 0. The van der Waals surface area contributed by atoms with Gasteiger partial charge in [-0.1, -0.05) is 0 Å². The number of rotatable bonds is 6. The van der Waals surface area contributed by atoms with Gasteiger partial charge in [-0.15, -0.1) is 0 Å².